The van der Waals surface area contributed by atoms with E-state index < -0.39 is 0 Å². The summed E-state index contributed by atoms with van der Waals surface area (Å²) in [5, 5.41) is 8.47. The first-order valence-electron chi connectivity index (χ1n) is 8.58. The van der Waals surface area contributed by atoms with Crippen molar-refractivity contribution < 1.29 is 9.53 Å². The Morgan fingerprint density at radius 2 is 2.29 bits per heavy atom. The summed E-state index contributed by atoms with van der Waals surface area (Å²) in [6, 6.07) is 2.03. The maximum atomic E-state index is 12.7. The summed E-state index contributed by atoms with van der Waals surface area (Å²) in [6.45, 7) is 2.91. The van der Waals surface area contributed by atoms with E-state index in [1.165, 1.54) is 18.5 Å². The lowest BCUT2D eigenvalue weighted by Gasteiger charge is -2.33. The summed E-state index contributed by atoms with van der Waals surface area (Å²) in [6.07, 6.45) is 4.97. The lowest BCUT2D eigenvalue weighted by molar-refractivity contribution is -0.132. The zero-order valence-electron chi connectivity index (χ0n) is 14.0. The normalized spacial score (nSPS) is 20.2. The lowest BCUT2D eigenvalue weighted by atomic mass is 9.96. The molecule has 0 radical (unpaired) electrons. The van der Waals surface area contributed by atoms with Crippen LogP contribution < -0.4 is 0 Å². The number of nitrogens with zero attached hydrogens (tertiary/aromatic N) is 3. The van der Waals surface area contributed by atoms with Crippen molar-refractivity contribution in [3.63, 3.8) is 0 Å². The van der Waals surface area contributed by atoms with Gasteiger partial charge in [-0.15, -0.1) is 0 Å². The number of thiophene rings is 1. The van der Waals surface area contributed by atoms with Gasteiger partial charge in [-0.25, -0.2) is 0 Å². The first-order chi connectivity index (χ1) is 11.7. The molecule has 3 heterocycles. The predicted octanol–water partition coefficient (Wildman–Crippen LogP) is 2.58. The number of carbonyl (C=O) groups is 1. The van der Waals surface area contributed by atoms with Gasteiger partial charge >= 0.3 is 0 Å². The molecule has 1 fully saturated rings. The van der Waals surface area contributed by atoms with E-state index in [-0.39, 0.29) is 11.8 Å². The van der Waals surface area contributed by atoms with Crippen molar-refractivity contribution in [2.75, 3.05) is 19.8 Å². The van der Waals surface area contributed by atoms with Crippen LogP contribution >= 0.6 is 11.3 Å². The van der Waals surface area contributed by atoms with Crippen molar-refractivity contribution in [1.29, 1.82) is 0 Å². The topological polar surface area (TPSA) is 47.4 Å². The van der Waals surface area contributed by atoms with Crippen molar-refractivity contribution in [1.82, 2.24) is 14.7 Å². The average Bonchev–Trinajstić information content (AvgIpc) is 3.10. The molecule has 2 aliphatic rings. The van der Waals surface area contributed by atoms with Crippen molar-refractivity contribution in [2.45, 2.75) is 31.7 Å². The summed E-state index contributed by atoms with van der Waals surface area (Å²) < 4.78 is 7.88. The van der Waals surface area contributed by atoms with Gasteiger partial charge in [-0.05, 0) is 41.1 Å². The van der Waals surface area contributed by atoms with Gasteiger partial charge in [0.25, 0.3) is 0 Å². The van der Waals surface area contributed by atoms with Gasteiger partial charge in [0.15, 0.2) is 0 Å². The van der Waals surface area contributed by atoms with Crippen molar-refractivity contribution in [3.05, 3.63) is 39.8 Å². The average molecular weight is 345 g/mol. The fourth-order valence-corrected chi connectivity index (χ4v) is 4.09. The second kappa shape index (κ2) is 6.69. The van der Waals surface area contributed by atoms with Crippen LogP contribution in [0, 0.1) is 5.92 Å². The van der Waals surface area contributed by atoms with Crippen LogP contribution in [0.15, 0.2) is 23.0 Å². The number of hydrogen-bond acceptors (Lipinski definition) is 4. The number of rotatable bonds is 6. The first kappa shape index (κ1) is 15.8. The summed E-state index contributed by atoms with van der Waals surface area (Å²) in [5.74, 6) is 1.16. The number of carbonyl (C=O) groups excluding carboxylic acids is 1. The number of amides is 1. The van der Waals surface area contributed by atoms with Gasteiger partial charge in [0.1, 0.15) is 0 Å². The van der Waals surface area contributed by atoms with Crippen molar-refractivity contribution >= 4 is 17.2 Å². The van der Waals surface area contributed by atoms with E-state index in [1.54, 1.807) is 11.3 Å². The molecule has 24 heavy (non-hydrogen) atoms. The molecule has 2 aromatic rings. The van der Waals surface area contributed by atoms with Gasteiger partial charge in [0.05, 0.1) is 24.9 Å². The van der Waals surface area contributed by atoms with E-state index in [9.17, 15) is 4.79 Å². The molecule has 0 saturated heterocycles. The lowest BCUT2D eigenvalue weighted by Crippen LogP contribution is -2.40. The quantitative estimate of drug-likeness (QED) is 0.808. The molecule has 5 nitrogen and oxygen atoms in total. The Labute approximate surface area is 146 Å². The molecule has 1 saturated carbocycles. The third-order valence-corrected chi connectivity index (χ3v) is 5.64. The van der Waals surface area contributed by atoms with Gasteiger partial charge in [0.2, 0.25) is 5.91 Å². The highest BCUT2D eigenvalue weighted by Gasteiger charge is 2.31. The molecule has 128 valence electrons. The SMILES string of the molecule is Cn1ncc2c1[C@@H](COCC1CC1)CN(C(=O)Cc1ccsc1)C2. The number of aromatic nitrogens is 2. The minimum absolute atomic E-state index is 0.190. The molecule has 1 atom stereocenters. The van der Waals surface area contributed by atoms with Crippen molar-refractivity contribution in [3.8, 4) is 0 Å². The molecular weight excluding hydrogens is 322 g/mol. The Bertz CT molecular complexity index is 706. The van der Waals surface area contributed by atoms with Crippen LogP contribution in [0.1, 0.15) is 35.6 Å². The zero-order valence-corrected chi connectivity index (χ0v) is 14.8. The van der Waals surface area contributed by atoms with E-state index >= 15 is 0 Å². The third kappa shape index (κ3) is 3.39. The molecule has 1 aliphatic heterocycles. The maximum Gasteiger partial charge on any atom is 0.227 e. The Hall–Kier alpha value is -1.66. The van der Waals surface area contributed by atoms with Crippen LogP contribution in [-0.4, -0.2) is 40.3 Å². The maximum absolute atomic E-state index is 12.7. The van der Waals surface area contributed by atoms with Crippen LogP contribution in [0.5, 0.6) is 0 Å². The van der Waals surface area contributed by atoms with E-state index in [0.717, 1.165) is 30.2 Å². The van der Waals surface area contributed by atoms with Gasteiger partial charge in [-0.1, -0.05) is 0 Å². The molecule has 1 amide bonds. The molecule has 2 aromatic heterocycles. The largest absolute Gasteiger partial charge is 0.380 e. The second-order valence-corrected chi connectivity index (χ2v) is 7.72. The zero-order chi connectivity index (χ0) is 16.5. The molecule has 6 heteroatoms. The Balaban J connectivity index is 1.45. The fourth-order valence-electron chi connectivity index (χ4n) is 3.43. The Morgan fingerprint density at radius 3 is 3.04 bits per heavy atom. The van der Waals surface area contributed by atoms with Crippen molar-refractivity contribution in [2.24, 2.45) is 13.0 Å². The number of aryl methyl sites for hydroxylation is 1. The molecule has 1 aliphatic carbocycles. The number of hydrogen-bond donors (Lipinski definition) is 0. The van der Waals surface area contributed by atoms with Gasteiger partial charge in [0, 0.05) is 38.2 Å². The van der Waals surface area contributed by atoms with Gasteiger partial charge < -0.3 is 9.64 Å². The second-order valence-electron chi connectivity index (χ2n) is 6.94. The van der Waals surface area contributed by atoms with E-state index in [4.69, 9.17) is 4.74 Å². The predicted molar refractivity (Wildman–Crippen MR) is 92.9 cm³/mol. The highest BCUT2D eigenvalue weighted by atomic mass is 32.1. The highest BCUT2D eigenvalue weighted by molar-refractivity contribution is 7.07. The van der Waals surface area contributed by atoms with E-state index in [0.29, 0.717) is 19.6 Å². The molecule has 0 spiro atoms. The molecular formula is C18H23N3O2S. The highest BCUT2D eigenvalue weighted by Crippen LogP contribution is 2.31. The van der Waals surface area contributed by atoms with Crippen LogP contribution in [-0.2, 0) is 29.5 Å². The Kier molecular flexibility index (Phi) is 4.41. The Morgan fingerprint density at radius 1 is 1.42 bits per heavy atom. The van der Waals surface area contributed by atoms with Crippen LogP contribution in [0.4, 0.5) is 0 Å². The monoisotopic (exact) mass is 345 g/mol. The molecule has 0 aromatic carbocycles. The third-order valence-electron chi connectivity index (χ3n) is 4.91. The van der Waals surface area contributed by atoms with Gasteiger partial charge in [-0.3, -0.25) is 9.48 Å². The van der Waals surface area contributed by atoms with E-state index in [1.807, 2.05) is 39.7 Å². The number of ether oxygens (including phenoxy) is 1. The summed E-state index contributed by atoms with van der Waals surface area (Å²) >= 11 is 1.64. The van der Waals surface area contributed by atoms with E-state index in [2.05, 4.69) is 5.10 Å². The number of fused-ring (bicyclic) bond motifs is 1. The minimum atomic E-state index is 0.190. The van der Waals surface area contributed by atoms with Crippen LogP contribution in [0.2, 0.25) is 0 Å². The first-order valence-corrected chi connectivity index (χ1v) is 9.52. The standard InChI is InChI=1S/C18H23N3O2S/c1-20-18-15(7-19-20)8-21(17(22)6-14-4-5-24-12-14)9-16(18)11-23-10-13-2-3-13/h4-5,7,12-13,16H,2-3,6,8-11H2,1H3/t16-/m1/s1. The molecule has 4 rings (SSSR count). The van der Waals surface area contributed by atoms with Gasteiger partial charge in [-0.2, -0.15) is 16.4 Å². The minimum Gasteiger partial charge on any atom is -0.380 e. The fraction of sp³-hybridized carbons (Fsp3) is 0.556. The summed E-state index contributed by atoms with van der Waals surface area (Å²) in [4.78, 5) is 14.6. The smallest absolute Gasteiger partial charge is 0.227 e. The van der Waals surface area contributed by atoms with Crippen LogP contribution in [0.25, 0.3) is 0 Å². The summed E-state index contributed by atoms with van der Waals surface area (Å²) in [7, 11) is 1.98. The molecule has 0 unspecified atom stereocenters. The summed E-state index contributed by atoms with van der Waals surface area (Å²) in [5.41, 5.74) is 3.48. The molecule has 0 N–H and O–H groups in total. The molecule has 0 bridgehead atoms. The van der Waals surface area contributed by atoms with Crippen LogP contribution in [0.3, 0.4) is 0 Å².